The summed E-state index contributed by atoms with van der Waals surface area (Å²) in [5.74, 6) is 0. The van der Waals surface area contributed by atoms with Crippen molar-refractivity contribution in [1.82, 2.24) is 0 Å². The van der Waals surface area contributed by atoms with E-state index < -0.39 is 92.1 Å². The SMILES string of the molecule is O[C@@H]1[C@@H](O[C@@H]2[C@@H](O[C@@H]3[C@@H](OCc4ccccc4)O[C@H](COCc4ccccc4)[C@@H](OCc4ccccc4)[C@@H]3OCc3ccccc3)O[C@H](COCc3ccccc3)[C@@H](OCc3ccccc3)[C@@H]2OCc2ccccc2)O[C@H](COCc2ccccc2)[C@@H](OCc2ccccc2)[C@@H]1OCc1ccccc1. The average molecular weight is 1410 g/mol. The molecule has 0 amide bonds. The van der Waals surface area contributed by atoms with Gasteiger partial charge in [0.15, 0.2) is 18.9 Å². The van der Waals surface area contributed by atoms with Crippen molar-refractivity contribution in [2.45, 2.75) is 158 Å². The van der Waals surface area contributed by atoms with Crippen molar-refractivity contribution in [3.05, 3.63) is 359 Å². The Morgan fingerprint density at radius 3 is 0.692 bits per heavy atom. The summed E-state index contributed by atoms with van der Waals surface area (Å²) >= 11 is 0. The lowest BCUT2D eigenvalue weighted by molar-refractivity contribution is -0.405. The lowest BCUT2D eigenvalue weighted by Crippen LogP contribution is -2.68. The minimum absolute atomic E-state index is 0.00197. The molecular weight excluding hydrogens is 1310 g/mol. The van der Waals surface area contributed by atoms with Gasteiger partial charge in [0.2, 0.25) is 0 Å². The van der Waals surface area contributed by atoms with Crippen LogP contribution in [0.3, 0.4) is 0 Å². The van der Waals surface area contributed by atoms with Crippen molar-refractivity contribution in [2.75, 3.05) is 19.8 Å². The van der Waals surface area contributed by atoms with Crippen LogP contribution in [0.4, 0.5) is 0 Å². The average Bonchev–Trinajstić information content (AvgIpc) is 0.770. The largest absolute Gasteiger partial charge is 0.385 e. The molecule has 0 aliphatic carbocycles. The first-order chi connectivity index (χ1) is 51.5. The van der Waals surface area contributed by atoms with Crippen LogP contribution in [0.1, 0.15) is 55.6 Å². The Labute approximate surface area is 610 Å². The Balaban J connectivity index is 0.937. The number of benzene rings is 10. The lowest BCUT2D eigenvalue weighted by atomic mass is 9.95. The van der Waals surface area contributed by atoms with Gasteiger partial charge >= 0.3 is 0 Å². The molecule has 10 aromatic carbocycles. The van der Waals surface area contributed by atoms with E-state index in [-0.39, 0.29) is 79.3 Å². The first-order valence-electron chi connectivity index (χ1n) is 35.9. The highest BCUT2D eigenvalue weighted by atomic mass is 16.8. The summed E-state index contributed by atoms with van der Waals surface area (Å²) in [7, 11) is 0. The Morgan fingerprint density at radius 1 is 0.202 bits per heavy atom. The minimum Gasteiger partial charge on any atom is -0.385 e. The summed E-state index contributed by atoms with van der Waals surface area (Å²) < 4.78 is 108. The normalized spacial score (nSPS) is 24.8. The second kappa shape index (κ2) is 39.6. The summed E-state index contributed by atoms with van der Waals surface area (Å²) in [5, 5.41) is 13.5. The third-order valence-corrected chi connectivity index (χ3v) is 18.5. The second-order valence-electron chi connectivity index (χ2n) is 26.2. The van der Waals surface area contributed by atoms with E-state index in [1.807, 2.05) is 303 Å². The molecule has 0 saturated carbocycles. The van der Waals surface area contributed by atoms with Crippen molar-refractivity contribution < 1.29 is 76.2 Å². The molecule has 0 radical (unpaired) electrons. The molecule has 0 aromatic heterocycles. The third kappa shape index (κ3) is 21.6. The van der Waals surface area contributed by atoms with Gasteiger partial charge in [0.25, 0.3) is 0 Å². The number of rotatable bonds is 37. The molecule has 0 spiro atoms. The number of aliphatic hydroxyl groups excluding tert-OH is 1. The van der Waals surface area contributed by atoms with E-state index in [1.165, 1.54) is 0 Å². The van der Waals surface area contributed by atoms with E-state index in [1.54, 1.807) is 0 Å². The van der Waals surface area contributed by atoms with Gasteiger partial charge in [-0.25, -0.2) is 0 Å². The number of hydrogen-bond donors (Lipinski definition) is 1. The maximum absolute atomic E-state index is 13.5. The van der Waals surface area contributed by atoms with Crippen molar-refractivity contribution >= 4 is 0 Å². The summed E-state index contributed by atoms with van der Waals surface area (Å²) in [6, 6.07) is 99.2. The van der Waals surface area contributed by atoms with Gasteiger partial charge in [-0.15, -0.1) is 0 Å². The first-order valence-corrected chi connectivity index (χ1v) is 35.9. The molecule has 540 valence electrons. The van der Waals surface area contributed by atoms with Crippen molar-refractivity contribution in [2.24, 2.45) is 0 Å². The molecule has 15 atom stereocenters. The zero-order valence-corrected chi connectivity index (χ0v) is 58.3. The van der Waals surface area contributed by atoms with E-state index in [0.717, 1.165) is 55.6 Å². The first kappa shape index (κ1) is 73.9. The molecule has 10 aromatic rings. The van der Waals surface area contributed by atoms with Crippen molar-refractivity contribution in [3.63, 3.8) is 0 Å². The molecule has 3 fully saturated rings. The highest BCUT2D eigenvalue weighted by Gasteiger charge is 2.57. The quantitative estimate of drug-likeness (QED) is 0.0392. The smallest absolute Gasteiger partial charge is 0.187 e. The molecule has 0 bridgehead atoms. The minimum atomic E-state index is -1.54. The van der Waals surface area contributed by atoms with Gasteiger partial charge in [-0.2, -0.15) is 0 Å². The molecule has 16 heteroatoms. The van der Waals surface area contributed by atoms with Crippen molar-refractivity contribution in [3.8, 4) is 0 Å². The van der Waals surface area contributed by atoms with E-state index in [9.17, 15) is 5.11 Å². The predicted molar refractivity (Wildman–Crippen MR) is 391 cm³/mol. The summed E-state index contributed by atoms with van der Waals surface area (Å²) in [6.07, 6.45) is -16.8. The van der Waals surface area contributed by atoms with E-state index >= 15 is 0 Å². The van der Waals surface area contributed by atoms with Gasteiger partial charge in [0, 0.05) is 0 Å². The molecule has 1 N–H and O–H groups in total. The molecule has 104 heavy (non-hydrogen) atoms. The molecule has 3 aliphatic heterocycles. The zero-order valence-electron chi connectivity index (χ0n) is 58.3. The molecule has 3 saturated heterocycles. The maximum atomic E-state index is 13.5. The number of hydrogen-bond acceptors (Lipinski definition) is 16. The Morgan fingerprint density at radius 2 is 0.404 bits per heavy atom. The van der Waals surface area contributed by atoms with Gasteiger partial charge in [0.1, 0.15) is 73.2 Å². The molecule has 16 nitrogen and oxygen atoms in total. The van der Waals surface area contributed by atoms with E-state index in [4.69, 9.17) is 71.1 Å². The topological polar surface area (TPSA) is 159 Å². The Bertz CT molecular complexity index is 3960. The van der Waals surface area contributed by atoms with Crippen LogP contribution in [0.15, 0.2) is 303 Å². The summed E-state index contributed by atoms with van der Waals surface area (Å²) in [4.78, 5) is 0. The van der Waals surface area contributed by atoms with Crippen LogP contribution in [0.2, 0.25) is 0 Å². The van der Waals surface area contributed by atoms with Gasteiger partial charge in [0.05, 0.1) is 85.9 Å². The van der Waals surface area contributed by atoms with Crippen LogP contribution in [-0.4, -0.2) is 117 Å². The van der Waals surface area contributed by atoms with Crippen LogP contribution in [0, 0.1) is 0 Å². The highest BCUT2D eigenvalue weighted by molar-refractivity contribution is 5.21. The lowest BCUT2D eigenvalue weighted by Gasteiger charge is -2.51. The van der Waals surface area contributed by atoms with Gasteiger partial charge in [-0.3, -0.25) is 0 Å². The fourth-order valence-corrected chi connectivity index (χ4v) is 13.1. The Hall–Kier alpha value is -8.44. The fraction of sp³-hybridized carbons (Fsp3) is 0.318. The highest BCUT2D eigenvalue weighted by Crippen LogP contribution is 2.40. The maximum Gasteiger partial charge on any atom is 0.187 e. The van der Waals surface area contributed by atoms with Crippen molar-refractivity contribution in [1.29, 1.82) is 0 Å². The molecule has 13 rings (SSSR count). The number of aliphatic hydroxyl groups is 1. The predicted octanol–water partition coefficient (Wildman–Crippen LogP) is 14.7. The second-order valence-corrected chi connectivity index (χ2v) is 26.2. The summed E-state index contributed by atoms with van der Waals surface area (Å²) in [6.45, 7) is 1.81. The Kier molecular flexibility index (Phi) is 28.1. The summed E-state index contributed by atoms with van der Waals surface area (Å²) in [5.41, 5.74) is 9.17. The number of ether oxygens (including phenoxy) is 15. The van der Waals surface area contributed by atoms with Gasteiger partial charge in [-0.05, 0) is 55.6 Å². The van der Waals surface area contributed by atoms with E-state index in [0.29, 0.717) is 6.61 Å². The van der Waals surface area contributed by atoms with Crippen LogP contribution >= 0.6 is 0 Å². The van der Waals surface area contributed by atoms with Gasteiger partial charge in [-0.1, -0.05) is 303 Å². The van der Waals surface area contributed by atoms with Crippen LogP contribution in [0.5, 0.6) is 0 Å². The van der Waals surface area contributed by atoms with Crippen LogP contribution < -0.4 is 0 Å². The third-order valence-electron chi connectivity index (χ3n) is 18.5. The molecular formula is C88H92O16. The standard InChI is InChI=1S/C88H92O16/c89-77-81(96-57-70-43-23-7-24-44-70)78(93-54-67-37-17-4-18-38-67)74(61-90-51-64-31-11-1-12-32-64)100-86(77)103-85-83(98-59-72-47-27-9-28-48-72)80(95-56-69-41-21-6-22-42-69)76(63-92-53-66-35-15-3-16-36-66)102-88(85)104-84-82(97-58-71-45-25-8-26-46-71)79(94-55-68-39-19-5-20-40-68)75(62-91-52-65-33-13-2-14-34-65)101-87(84)99-60-73-49-29-10-30-50-73/h1-50,74-89H,51-63H2/t74-,75-,76-,77+,78-,79-,80-,81-,82+,83+,84+,85+,86-,87+,88-/m1/s1. The molecule has 0 unspecified atom stereocenters. The molecule has 3 heterocycles. The van der Waals surface area contributed by atoms with E-state index in [2.05, 4.69) is 0 Å². The fourth-order valence-electron chi connectivity index (χ4n) is 13.1. The zero-order chi connectivity index (χ0) is 70.6. The molecule has 3 aliphatic rings. The van der Waals surface area contributed by atoms with Gasteiger partial charge < -0.3 is 76.2 Å². The monoisotopic (exact) mass is 1400 g/mol. The van der Waals surface area contributed by atoms with Crippen LogP contribution in [-0.2, 0) is 137 Å². The van der Waals surface area contributed by atoms with Crippen LogP contribution in [0.25, 0.3) is 0 Å².